The molecule has 1 aromatic heterocycles. The van der Waals surface area contributed by atoms with Crippen LogP contribution in [0, 0.1) is 0 Å². The molecule has 1 amide bonds. The maximum atomic E-state index is 11.0. The Kier molecular flexibility index (Phi) is 4.09. The molecule has 8 nitrogen and oxygen atoms in total. The van der Waals surface area contributed by atoms with E-state index < -0.39 is 6.09 Å². The number of aromatic nitrogens is 2. The van der Waals surface area contributed by atoms with Crippen LogP contribution in [0.25, 0.3) is 0 Å². The number of halogens is 1. The molecule has 0 radical (unpaired) electrons. The normalized spacial score (nSPS) is 26.8. The highest BCUT2D eigenvalue weighted by Gasteiger charge is 2.34. The molecular formula is C15H20ClN5O3. The summed E-state index contributed by atoms with van der Waals surface area (Å²) in [5.41, 5.74) is 0.825. The minimum Gasteiger partial charge on any atom is -0.465 e. The van der Waals surface area contributed by atoms with E-state index in [1.165, 1.54) is 4.90 Å². The van der Waals surface area contributed by atoms with Crippen molar-refractivity contribution in [3.63, 3.8) is 0 Å². The second-order valence-corrected chi connectivity index (χ2v) is 6.86. The van der Waals surface area contributed by atoms with Crippen LogP contribution in [0.2, 0.25) is 5.15 Å². The van der Waals surface area contributed by atoms with Gasteiger partial charge < -0.3 is 24.5 Å². The summed E-state index contributed by atoms with van der Waals surface area (Å²) in [6, 6.07) is 1.97. The number of carbonyl (C=O) groups is 1. The van der Waals surface area contributed by atoms with Crippen molar-refractivity contribution in [1.29, 1.82) is 0 Å². The van der Waals surface area contributed by atoms with Crippen LogP contribution in [0.5, 0.6) is 0 Å². The fourth-order valence-electron chi connectivity index (χ4n) is 3.67. The minimum atomic E-state index is -0.877. The first-order valence-corrected chi connectivity index (χ1v) is 8.64. The Hall–Kier alpha value is -1.80. The lowest BCUT2D eigenvalue weighted by Crippen LogP contribution is -2.48. The van der Waals surface area contributed by atoms with Crippen LogP contribution in [0.15, 0.2) is 6.07 Å². The molecule has 0 saturated carbocycles. The number of fused-ring (bicyclic) bond motifs is 2. The summed E-state index contributed by atoms with van der Waals surface area (Å²) in [6.45, 7) is 3.80. The number of ether oxygens (including phenoxy) is 1. The Morgan fingerprint density at radius 2 is 1.79 bits per heavy atom. The van der Waals surface area contributed by atoms with Gasteiger partial charge in [0.2, 0.25) is 0 Å². The van der Waals surface area contributed by atoms with Crippen LogP contribution in [-0.4, -0.2) is 77.8 Å². The minimum absolute atomic E-state index is 0.281. The van der Waals surface area contributed by atoms with Gasteiger partial charge in [-0.25, -0.2) is 4.79 Å². The molecule has 0 spiro atoms. The van der Waals surface area contributed by atoms with Gasteiger partial charge in [0, 0.05) is 45.3 Å². The summed E-state index contributed by atoms with van der Waals surface area (Å²) in [4.78, 5) is 16.7. The molecule has 130 valence electrons. The number of anilines is 2. The van der Waals surface area contributed by atoms with E-state index in [0.29, 0.717) is 31.3 Å². The van der Waals surface area contributed by atoms with Crippen LogP contribution in [0.4, 0.5) is 16.3 Å². The van der Waals surface area contributed by atoms with Crippen molar-refractivity contribution in [2.45, 2.75) is 25.0 Å². The van der Waals surface area contributed by atoms with Gasteiger partial charge in [-0.2, -0.15) is 0 Å². The van der Waals surface area contributed by atoms with Gasteiger partial charge in [0.05, 0.1) is 17.9 Å². The molecule has 2 bridgehead atoms. The Balaban J connectivity index is 1.51. The smallest absolute Gasteiger partial charge is 0.407 e. The number of amides is 1. The summed E-state index contributed by atoms with van der Waals surface area (Å²) in [5.74, 6) is 0.815. The van der Waals surface area contributed by atoms with Gasteiger partial charge in [0.15, 0.2) is 11.0 Å². The lowest BCUT2D eigenvalue weighted by Gasteiger charge is -2.36. The third-order valence-electron chi connectivity index (χ3n) is 4.98. The second kappa shape index (κ2) is 6.25. The van der Waals surface area contributed by atoms with Gasteiger partial charge in [-0.15, -0.1) is 10.2 Å². The van der Waals surface area contributed by atoms with E-state index in [9.17, 15) is 4.79 Å². The van der Waals surface area contributed by atoms with Crippen LogP contribution in [0.1, 0.15) is 12.8 Å². The number of rotatable bonds is 2. The van der Waals surface area contributed by atoms with Crippen LogP contribution in [0.3, 0.4) is 0 Å². The average Bonchev–Trinajstić information content (AvgIpc) is 2.93. The van der Waals surface area contributed by atoms with E-state index in [0.717, 1.165) is 37.4 Å². The van der Waals surface area contributed by atoms with Crippen molar-refractivity contribution >= 4 is 29.2 Å². The van der Waals surface area contributed by atoms with Crippen molar-refractivity contribution in [2.24, 2.45) is 0 Å². The van der Waals surface area contributed by atoms with Gasteiger partial charge >= 0.3 is 6.09 Å². The van der Waals surface area contributed by atoms with Crippen molar-refractivity contribution < 1.29 is 14.6 Å². The Bertz CT molecular complexity index is 626. The molecule has 1 aromatic rings. The molecule has 3 saturated heterocycles. The monoisotopic (exact) mass is 353 g/mol. The Labute approximate surface area is 144 Å². The van der Waals surface area contributed by atoms with E-state index >= 15 is 0 Å². The third-order valence-corrected chi connectivity index (χ3v) is 5.25. The number of carboxylic acid groups (broad SMARTS) is 1. The molecular weight excluding hydrogens is 334 g/mol. The van der Waals surface area contributed by atoms with Crippen LogP contribution in [-0.2, 0) is 4.74 Å². The molecule has 0 aromatic carbocycles. The zero-order valence-electron chi connectivity index (χ0n) is 13.3. The lowest BCUT2D eigenvalue weighted by molar-refractivity contribution is 0.0302. The maximum absolute atomic E-state index is 11.0. The van der Waals surface area contributed by atoms with E-state index in [1.54, 1.807) is 0 Å². The summed E-state index contributed by atoms with van der Waals surface area (Å²) in [6.07, 6.45) is 1.89. The predicted octanol–water partition coefficient (Wildman–Crippen LogP) is 1.30. The molecule has 3 aliphatic heterocycles. The maximum Gasteiger partial charge on any atom is 0.407 e. The number of nitrogens with zero attached hydrogens (tertiary/aromatic N) is 5. The molecule has 4 rings (SSSR count). The molecule has 0 aliphatic carbocycles. The van der Waals surface area contributed by atoms with Crippen LogP contribution >= 0.6 is 11.6 Å². The number of hydrogen-bond donors (Lipinski definition) is 1. The summed E-state index contributed by atoms with van der Waals surface area (Å²) in [5, 5.41) is 17.8. The fourth-order valence-corrected chi connectivity index (χ4v) is 3.89. The molecule has 24 heavy (non-hydrogen) atoms. The van der Waals surface area contributed by atoms with Gasteiger partial charge in [0.1, 0.15) is 0 Å². The summed E-state index contributed by atoms with van der Waals surface area (Å²) < 4.78 is 5.87. The first-order valence-electron chi connectivity index (χ1n) is 8.26. The van der Waals surface area contributed by atoms with Crippen molar-refractivity contribution in [2.75, 3.05) is 49.1 Å². The number of piperazine rings is 1. The van der Waals surface area contributed by atoms with E-state index in [4.69, 9.17) is 21.4 Å². The van der Waals surface area contributed by atoms with Crippen molar-refractivity contribution in [1.82, 2.24) is 15.1 Å². The first-order chi connectivity index (χ1) is 11.6. The molecule has 4 heterocycles. The van der Waals surface area contributed by atoms with E-state index in [1.807, 2.05) is 6.07 Å². The Morgan fingerprint density at radius 1 is 1.12 bits per heavy atom. The average molecular weight is 354 g/mol. The zero-order valence-corrected chi connectivity index (χ0v) is 14.0. The highest BCUT2D eigenvalue weighted by atomic mass is 35.5. The highest BCUT2D eigenvalue weighted by Crippen LogP contribution is 2.32. The largest absolute Gasteiger partial charge is 0.465 e. The third kappa shape index (κ3) is 2.95. The van der Waals surface area contributed by atoms with E-state index in [-0.39, 0.29) is 12.2 Å². The van der Waals surface area contributed by atoms with E-state index in [2.05, 4.69) is 20.0 Å². The molecule has 1 N–H and O–H groups in total. The fraction of sp³-hybridized carbons (Fsp3) is 0.667. The SMILES string of the molecule is O=C(O)N1CCN(c2cc(N3CC4CCC(C3)O4)nnc2Cl)CC1. The van der Waals surface area contributed by atoms with Crippen molar-refractivity contribution in [3.8, 4) is 0 Å². The molecule has 3 fully saturated rings. The summed E-state index contributed by atoms with van der Waals surface area (Å²) >= 11 is 6.25. The summed E-state index contributed by atoms with van der Waals surface area (Å²) in [7, 11) is 0. The zero-order chi connectivity index (χ0) is 16.7. The topological polar surface area (TPSA) is 82.0 Å². The first kappa shape index (κ1) is 15.7. The second-order valence-electron chi connectivity index (χ2n) is 6.50. The van der Waals surface area contributed by atoms with Crippen LogP contribution < -0.4 is 9.80 Å². The molecule has 9 heteroatoms. The van der Waals surface area contributed by atoms with Gasteiger partial charge in [-0.1, -0.05) is 11.6 Å². The van der Waals surface area contributed by atoms with Gasteiger partial charge in [-0.3, -0.25) is 0 Å². The van der Waals surface area contributed by atoms with Gasteiger partial charge in [0.25, 0.3) is 0 Å². The standard InChI is InChI=1S/C15H20ClN5O3/c16-14-12(19-3-5-20(6-4-19)15(22)23)7-13(17-18-14)21-8-10-1-2-11(9-21)24-10/h7,10-11H,1-6,8-9H2,(H,22,23). The Morgan fingerprint density at radius 3 is 2.42 bits per heavy atom. The highest BCUT2D eigenvalue weighted by molar-refractivity contribution is 6.32. The predicted molar refractivity (Wildman–Crippen MR) is 89.0 cm³/mol. The quantitative estimate of drug-likeness (QED) is 0.858. The number of hydrogen-bond acceptors (Lipinski definition) is 6. The van der Waals surface area contributed by atoms with Crippen molar-refractivity contribution in [3.05, 3.63) is 11.2 Å². The van der Waals surface area contributed by atoms with Gasteiger partial charge in [-0.05, 0) is 12.8 Å². The lowest BCUT2D eigenvalue weighted by atomic mass is 10.2. The molecule has 2 unspecified atom stereocenters. The molecule has 2 atom stereocenters. The number of morpholine rings is 1. The molecule has 3 aliphatic rings.